The van der Waals surface area contributed by atoms with Crippen LogP contribution in [-0.4, -0.2) is 29.6 Å². The van der Waals surface area contributed by atoms with Crippen molar-refractivity contribution in [2.45, 2.75) is 13.8 Å². The number of carboxylic acid groups (broad SMARTS) is 2. The highest BCUT2D eigenvalue weighted by Crippen LogP contribution is 1.64. The van der Waals surface area contributed by atoms with Gasteiger partial charge in [-0.25, -0.2) is 4.79 Å². The predicted octanol–water partition coefficient (Wildman–Crippen LogP) is 1.27. The molecule has 0 fully saturated rings. The van der Waals surface area contributed by atoms with E-state index in [9.17, 15) is 0 Å². The van der Waals surface area contributed by atoms with Crippen molar-refractivity contribution in [1.82, 2.24) is 0 Å². The molecule has 0 heterocycles. The van der Waals surface area contributed by atoms with Gasteiger partial charge in [-0.1, -0.05) is 0 Å². The summed E-state index contributed by atoms with van der Waals surface area (Å²) in [6.07, 6.45) is -1.83. The average molecular weight is 136 g/mol. The molecule has 0 spiro atoms. The smallest absolute Gasteiger partial charge is 0.450 e. The van der Waals surface area contributed by atoms with Crippen LogP contribution in [0, 0.1) is 0 Å². The van der Waals surface area contributed by atoms with Crippen LogP contribution in [0.25, 0.3) is 0 Å². The number of hydrogen-bond donors (Lipinski definition) is 2. The van der Waals surface area contributed by atoms with E-state index in [1.54, 1.807) is 0 Å². The fourth-order valence-corrected chi connectivity index (χ4v) is 0.204. The van der Waals surface area contributed by atoms with Crippen LogP contribution in [0.5, 0.6) is 0 Å². The minimum absolute atomic E-state index is 0.844. The van der Waals surface area contributed by atoms with Crippen LogP contribution in [0.4, 0.5) is 4.79 Å². The first-order valence-electron chi connectivity index (χ1n) is 2.64. The second-order valence-electron chi connectivity index (χ2n) is 1.06. The first-order valence-corrected chi connectivity index (χ1v) is 2.64. The van der Waals surface area contributed by atoms with Crippen molar-refractivity contribution < 1.29 is 19.7 Å². The van der Waals surface area contributed by atoms with Crippen LogP contribution >= 0.6 is 0 Å². The normalized spacial score (nSPS) is 7.33. The monoisotopic (exact) mass is 136 g/mol. The number of rotatable bonds is 2. The minimum Gasteiger partial charge on any atom is -0.450 e. The van der Waals surface area contributed by atoms with E-state index < -0.39 is 6.16 Å². The van der Waals surface area contributed by atoms with Crippen LogP contribution in [0.1, 0.15) is 13.8 Å². The van der Waals surface area contributed by atoms with Crippen LogP contribution in [-0.2, 0) is 4.74 Å². The van der Waals surface area contributed by atoms with Gasteiger partial charge in [-0.05, 0) is 13.8 Å². The van der Waals surface area contributed by atoms with Crippen molar-refractivity contribution in [2.24, 2.45) is 0 Å². The van der Waals surface area contributed by atoms with E-state index in [-0.39, 0.29) is 0 Å². The molecule has 0 saturated carbocycles. The molecular formula is C5H12O4. The Hall–Kier alpha value is -0.770. The van der Waals surface area contributed by atoms with Crippen molar-refractivity contribution in [3.63, 3.8) is 0 Å². The van der Waals surface area contributed by atoms with Gasteiger partial charge in [-0.15, -0.1) is 0 Å². The van der Waals surface area contributed by atoms with Crippen LogP contribution in [0.15, 0.2) is 0 Å². The molecule has 0 aliphatic heterocycles. The van der Waals surface area contributed by atoms with Crippen molar-refractivity contribution in [3.8, 4) is 0 Å². The fourth-order valence-electron chi connectivity index (χ4n) is 0.204. The minimum atomic E-state index is -1.83. The van der Waals surface area contributed by atoms with Crippen LogP contribution in [0.2, 0.25) is 0 Å². The molecule has 0 aromatic rings. The topological polar surface area (TPSA) is 66.8 Å². The molecule has 2 N–H and O–H groups in total. The SMILES string of the molecule is CCOCC.O=C(O)O. The zero-order chi connectivity index (χ0) is 7.70. The van der Waals surface area contributed by atoms with E-state index in [0.717, 1.165) is 13.2 Å². The average Bonchev–Trinajstić information content (AvgIpc) is 1.66. The molecule has 0 rings (SSSR count). The Kier molecular flexibility index (Phi) is 12.6. The molecule has 0 aromatic heterocycles. The molecule has 0 aliphatic rings. The van der Waals surface area contributed by atoms with E-state index in [0.29, 0.717) is 0 Å². The largest absolute Gasteiger partial charge is 0.503 e. The maximum absolute atomic E-state index is 8.56. The quantitative estimate of drug-likeness (QED) is 0.599. The Morgan fingerprint density at radius 2 is 1.56 bits per heavy atom. The summed E-state index contributed by atoms with van der Waals surface area (Å²) in [7, 11) is 0. The van der Waals surface area contributed by atoms with Gasteiger partial charge in [0.05, 0.1) is 0 Å². The summed E-state index contributed by atoms with van der Waals surface area (Å²) < 4.78 is 4.83. The summed E-state index contributed by atoms with van der Waals surface area (Å²) in [5.41, 5.74) is 0. The molecule has 0 aliphatic carbocycles. The van der Waals surface area contributed by atoms with Crippen molar-refractivity contribution >= 4 is 6.16 Å². The maximum Gasteiger partial charge on any atom is 0.503 e. The third-order valence-electron chi connectivity index (χ3n) is 0.408. The van der Waals surface area contributed by atoms with Crippen LogP contribution < -0.4 is 0 Å². The first kappa shape index (κ1) is 11.1. The summed E-state index contributed by atoms with van der Waals surface area (Å²) >= 11 is 0. The van der Waals surface area contributed by atoms with E-state index in [1.165, 1.54) is 0 Å². The molecule has 0 amide bonds. The van der Waals surface area contributed by atoms with Crippen molar-refractivity contribution in [3.05, 3.63) is 0 Å². The molecular weight excluding hydrogens is 124 g/mol. The maximum atomic E-state index is 8.56. The second-order valence-corrected chi connectivity index (χ2v) is 1.06. The summed E-state index contributed by atoms with van der Waals surface area (Å²) in [5, 5.41) is 13.9. The highest BCUT2D eigenvalue weighted by molar-refractivity contribution is 5.53. The van der Waals surface area contributed by atoms with Crippen molar-refractivity contribution in [1.29, 1.82) is 0 Å². The summed E-state index contributed by atoms with van der Waals surface area (Å²) in [4.78, 5) is 8.56. The lowest BCUT2D eigenvalue weighted by atomic mass is 10.8. The first-order chi connectivity index (χ1) is 4.15. The van der Waals surface area contributed by atoms with Crippen molar-refractivity contribution in [2.75, 3.05) is 13.2 Å². The molecule has 0 aromatic carbocycles. The lowest BCUT2D eigenvalue weighted by molar-refractivity contribution is 0.137. The lowest BCUT2D eigenvalue weighted by Crippen LogP contribution is -1.84. The third kappa shape index (κ3) is 131. The molecule has 9 heavy (non-hydrogen) atoms. The second kappa shape index (κ2) is 10.3. The Morgan fingerprint density at radius 3 is 1.56 bits per heavy atom. The number of hydrogen-bond acceptors (Lipinski definition) is 2. The van der Waals surface area contributed by atoms with E-state index in [1.807, 2.05) is 13.8 Å². The molecule has 56 valence electrons. The van der Waals surface area contributed by atoms with Gasteiger partial charge in [0.2, 0.25) is 0 Å². The van der Waals surface area contributed by atoms with Crippen LogP contribution in [0.3, 0.4) is 0 Å². The Bertz CT molecular complexity index is 56.0. The summed E-state index contributed by atoms with van der Waals surface area (Å²) in [5.74, 6) is 0. The Morgan fingerprint density at radius 1 is 1.33 bits per heavy atom. The van der Waals surface area contributed by atoms with Gasteiger partial charge in [-0.3, -0.25) is 0 Å². The van der Waals surface area contributed by atoms with E-state index in [4.69, 9.17) is 19.7 Å². The molecule has 0 atom stereocenters. The van der Waals surface area contributed by atoms with Gasteiger partial charge >= 0.3 is 6.16 Å². The standard InChI is InChI=1S/C4H10O.CH2O3/c1-3-5-4-2;2-1(3)4/h3-4H2,1-2H3;(H2,2,3,4). The number of carbonyl (C=O) groups is 1. The van der Waals surface area contributed by atoms with Gasteiger partial charge in [0.25, 0.3) is 0 Å². The summed E-state index contributed by atoms with van der Waals surface area (Å²) in [6.45, 7) is 5.67. The lowest BCUT2D eigenvalue weighted by Gasteiger charge is -1.86. The molecule has 4 heteroatoms. The van der Waals surface area contributed by atoms with E-state index >= 15 is 0 Å². The number of ether oxygens (including phenoxy) is 1. The molecule has 0 saturated heterocycles. The third-order valence-corrected chi connectivity index (χ3v) is 0.408. The summed E-state index contributed by atoms with van der Waals surface area (Å²) in [6, 6.07) is 0. The van der Waals surface area contributed by atoms with Gasteiger partial charge in [0, 0.05) is 13.2 Å². The molecule has 0 bridgehead atoms. The highest BCUT2D eigenvalue weighted by atomic mass is 16.6. The predicted molar refractivity (Wildman–Crippen MR) is 32.8 cm³/mol. The zero-order valence-corrected chi connectivity index (χ0v) is 5.63. The Balaban J connectivity index is 0. The van der Waals surface area contributed by atoms with E-state index in [2.05, 4.69) is 0 Å². The van der Waals surface area contributed by atoms with Gasteiger partial charge < -0.3 is 14.9 Å². The van der Waals surface area contributed by atoms with Gasteiger partial charge in [-0.2, -0.15) is 0 Å². The molecule has 4 nitrogen and oxygen atoms in total. The fraction of sp³-hybridized carbons (Fsp3) is 0.800. The Labute approximate surface area is 54.1 Å². The highest BCUT2D eigenvalue weighted by Gasteiger charge is 1.70. The molecule has 0 unspecified atom stereocenters. The van der Waals surface area contributed by atoms with Gasteiger partial charge in [0.15, 0.2) is 0 Å². The zero-order valence-electron chi connectivity index (χ0n) is 5.63. The van der Waals surface area contributed by atoms with Gasteiger partial charge in [0.1, 0.15) is 0 Å². The molecule has 0 radical (unpaired) electrons.